The van der Waals surface area contributed by atoms with Crippen LogP contribution in [0, 0.1) is 11.8 Å². The molecule has 1 aromatic heterocycles. The number of ether oxygens (including phenoxy) is 1. The van der Waals surface area contributed by atoms with Crippen LogP contribution in [-0.2, 0) is 4.74 Å². The lowest BCUT2D eigenvalue weighted by atomic mass is 10.0. The molecular weight excluding hydrogens is 262 g/mol. The summed E-state index contributed by atoms with van der Waals surface area (Å²) in [6, 6.07) is 3.75. The summed E-state index contributed by atoms with van der Waals surface area (Å²) in [5.74, 6) is 5.32. The van der Waals surface area contributed by atoms with Gasteiger partial charge >= 0.3 is 0 Å². The van der Waals surface area contributed by atoms with Crippen LogP contribution in [-0.4, -0.2) is 36.4 Å². The molecule has 1 fully saturated rings. The maximum Gasteiger partial charge on any atom is 0.261 e. The van der Waals surface area contributed by atoms with Crippen molar-refractivity contribution < 1.29 is 14.6 Å². The van der Waals surface area contributed by atoms with Crippen LogP contribution in [0.15, 0.2) is 12.1 Å². The Labute approximate surface area is 116 Å². The fourth-order valence-electron chi connectivity index (χ4n) is 2.04. The molecule has 1 aliphatic rings. The van der Waals surface area contributed by atoms with E-state index in [2.05, 4.69) is 17.2 Å². The average Bonchev–Trinajstić information content (AvgIpc) is 2.85. The van der Waals surface area contributed by atoms with E-state index in [9.17, 15) is 4.79 Å². The maximum absolute atomic E-state index is 12.1. The average molecular weight is 279 g/mol. The molecule has 0 saturated carbocycles. The minimum Gasteiger partial charge on any atom is -0.384 e. The Morgan fingerprint density at radius 1 is 1.63 bits per heavy atom. The number of carbonyl (C=O) groups is 1. The molecule has 0 radical (unpaired) electrons. The minimum absolute atomic E-state index is 0.0545. The molecule has 2 unspecified atom stereocenters. The van der Waals surface area contributed by atoms with Crippen LogP contribution >= 0.6 is 11.3 Å². The highest BCUT2D eigenvalue weighted by atomic mass is 32.1. The van der Waals surface area contributed by atoms with Gasteiger partial charge in [-0.05, 0) is 31.9 Å². The highest BCUT2D eigenvalue weighted by molar-refractivity contribution is 7.14. The minimum atomic E-state index is -0.167. The van der Waals surface area contributed by atoms with Crippen molar-refractivity contribution in [3.63, 3.8) is 0 Å². The maximum atomic E-state index is 12.1. The van der Waals surface area contributed by atoms with E-state index in [1.54, 1.807) is 12.1 Å². The van der Waals surface area contributed by atoms with Gasteiger partial charge in [0.1, 0.15) is 6.61 Å². The van der Waals surface area contributed by atoms with Gasteiger partial charge in [-0.15, -0.1) is 11.3 Å². The van der Waals surface area contributed by atoms with Crippen molar-refractivity contribution in [2.45, 2.75) is 31.9 Å². The lowest BCUT2D eigenvalue weighted by Crippen LogP contribution is -2.41. The van der Waals surface area contributed by atoms with Gasteiger partial charge in [0.25, 0.3) is 5.91 Å². The predicted octanol–water partition coefficient (Wildman–Crippen LogP) is 1.39. The number of hydrogen-bond acceptors (Lipinski definition) is 4. The van der Waals surface area contributed by atoms with Crippen LogP contribution in [0.4, 0.5) is 0 Å². The van der Waals surface area contributed by atoms with Crippen molar-refractivity contribution in [1.29, 1.82) is 0 Å². The van der Waals surface area contributed by atoms with E-state index < -0.39 is 0 Å². The zero-order chi connectivity index (χ0) is 13.7. The molecule has 1 amide bonds. The lowest BCUT2D eigenvalue weighted by Gasteiger charge is -2.27. The molecule has 0 aromatic carbocycles. The van der Waals surface area contributed by atoms with Gasteiger partial charge in [0, 0.05) is 12.6 Å². The molecular formula is C14H17NO3S. The van der Waals surface area contributed by atoms with E-state index in [1.807, 2.05) is 6.92 Å². The molecule has 2 atom stereocenters. The van der Waals surface area contributed by atoms with Gasteiger partial charge in [0.2, 0.25) is 0 Å². The third-order valence-electron chi connectivity index (χ3n) is 2.94. The second-order valence-electron chi connectivity index (χ2n) is 4.50. The van der Waals surface area contributed by atoms with Crippen LogP contribution in [0.1, 0.15) is 34.3 Å². The van der Waals surface area contributed by atoms with Gasteiger partial charge in [-0.2, -0.15) is 0 Å². The molecule has 0 bridgehead atoms. The van der Waals surface area contributed by atoms with Crippen molar-refractivity contribution >= 4 is 17.2 Å². The number of nitrogens with one attached hydrogen (secondary N) is 1. The zero-order valence-corrected chi connectivity index (χ0v) is 11.6. The summed E-state index contributed by atoms with van der Waals surface area (Å²) in [5, 5.41) is 11.7. The molecule has 2 N–H and O–H groups in total. The Kier molecular flexibility index (Phi) is 4.97. The standard InChI is InChI=1S/C14H17NO3S/c1-10-9-11(6-8-18-10)15-14(17)13-5-4-12(19-13)3-2-7-16/h4-5,10-11,16H,6-9H2,1H3,(H,15,17). The third-order valence-corrected chi connectivity index (χ3v) is 3.94. The molecule has 0 aliphatic carbocycles. The molecule has 1 aromatic rings. The first-order valence-corrected chi connectivity index (χ1v) is 7.12. The van der Waals surface area contributed by atoms with E-state index in [0.717, 1.165) is 17.7 Å². The molecule has 4 nitrogen and oxygen atoms in total. The Hall–Kier alpha value is -1.35. The monoisotopic (exact) mass is 279 g/mol. The molecule has 5 heteroatoms. The van der Waals surface area contributed by atoms with Crippen LogP contribution in [0.3, 0.4) is 0 Å². The smallest absolute Gasteiger partial charge is 0.261 e. The van der Waals surface area contributed by atoms with E-state index in [4.69, 9.17) is 9.84 Å². The summed E-state index contributed by atoms with van der Waals surface area (Å²) in [4.78, 5) is 13.5. The van der Waals surface area contributed by atoms with Crippen LogP contribution in [0.5, 0.6) is 0 Å². The van der Waals surface area contributed by atoms with Crippen molar-refractivity contribution in [1.82, 2.24) is 5.32 Å². The van der Waals surface area contributed by atoms with E-state index >= 15 is 0 Å². The number of carbonyl (C=O) groups excluding carboxylic acids is 1. The summed E-state index contributed by atoms with van der Waals surface area (Å²) < 4.78 is 5.45. The number of aliphatic hydroxyl groups excluding tert-OH is 1. The van der Waals surface area contributed by atoms with E-state index in [0.29, 0.717) is 11.5 Å². The van der Waals surface area contributed by atoms with Gasteiger partial charge in [0.05, 0.1) is 15.9 Å². The molecule has 0 spiro atoms. The highest BCUT2D eigenvalue weighted by Gasteiger charge is 2.21. The van der Waals surface area contributed by atoms with Crippen LogP contribution < -0.4 is 5.32 Å². The number of rotatable bonds is 2. The van der Waals surface area contributed by atoms with Crippen LogP contribution in [0.25, 0.3) is 0 Å². The fraction of sp³-hybridized carbons (Fsp3) is 0.500. The summed E-state index contributed by atoms with van der Waals surface area (Å²) >= 11 is 1.34. The zero-order valence-electron chi connectivity index (χ0n) is 10.8. The van der Waals surface area contributed by atoms with Crippen molar-refractivity contribution in [3.05, 3.63) is 21.9 Å². The topological polar surface area (TPSA) is 58.6 Å². The van der Waals surface area contributed by atoms with E-state index in [1.165, 1.54) is 11.3 Å². The molecule has 2 heterocycles. The second kappa shape index (κ2) is 6.71. The van der Waals surface area contributed by atoms with Crippen molar-refractivity contribution in [3.8, 4) is 11.8 Å². The number of hydrogen-bond donors (Lipinski definition) is 2. The van der Waals surface area contributed by atoms with Gasteiger partial charge in [-0.1, -0.05) is 11.8 Å². The largest absolute Gasteiger partial charge is 0.384 e. The van der Waals surface area contributed by atoms with Crippen LogP contribution in [0.2, 0.25) is 0 Å². The van der Waals surface area contributed by atoms with Gasteiger partial charge in [0.15, 0.2) is 0 Å². The highest BCUT2D eigenvalue weighted by Crippen LogP contribution is 2.18. The molecule has 19 heavy (non-hydrogen) atoms. The summed E-state index contributed by atoms with van der Waals surface area (Å²) in [7, 11) is 0. The SMILES string of the molecule is CC1CC(NC(=O)c2ccc(C#CCO)s2)CCO1. The van der Waals surface area contributed by atoms with Gasteiger partial charge < -0.3 is 15.2 Å². The molecule has 1 aliphatic heterocycles. The normalized spacial score (nSPS) is 22.4. The Morgan fingerprint density at radius 2 is 2.47 bits per heavy atom. The first kappa shape index (κ1) is 14.1. The number of amides is 1. The molecule has 1 saturated heterocycles. The third kappa shape index (κ3) is 4.06. The first-order valence-electron chi connectivity index (χ1n) is 6.31. The predicted molar refractivity (Wildman–Crippen MR) is 74.2 cm³/mol. The Balaban J connectivity index is 1.94. The summed E-state index contributed by atoms with van der Waals surface area (Å²) in [6.07, 6.45) is 1.92. The Morgan fingerprint density at radius 3 is 3.21 bits per heavy atom. The summed E-state index contributed by atoms with van der Waals surface area (Å²) in [6.45, 7) is 2.55. The second-order valence-corrected chi connectivity index (χ2v) is 5.58. The van der Waals surface area contributed by atoms with Crippen molar-refractivity contribution in [2.24, 2.45) is 0 Å². The molecule has 102 valence electrons. The van der Waals surface area contributed by atoms with Gasteiger partial charge in [-0.25, -0.2) is 0 Å². The Bertz CT molecular complexity index is 500. The lowest BCUT2D eigenvalue weighted by molar-refractivity contribution is 0.0137. The number of thiophene rings is 1. The summed E-state index contributed by atoms with van der Waals surface area (Å²) in [5.41, 5.74) is 0. The molecule has 2 rings (SSSR count). The van der Waals surface area contributed by atoms with Crippen molar-refractivity contribution in [2.75, 3.05) is 13.2 Å². The first-order chi connectivity index (χ1) is 9.19. The quantitative estimate of drug-likeness (QED) is 0.804. The number of aliphatic hydroxyl groups is 1. The fourth-order valence-corrected chi connectivity index (χ4v) is 2.82. The van der Waals surface area contributed by atoms with E-state index in [-0.39, 0.29) is 24.7 Å². The van der Waals surface area contributed by atoms with Gasteiger partial charge in [-0.3, -0.25) is 4.79 Å².